The first-order chi connectivity index (χ1) is 16.1. The van der Waals surface area contributed by atoms with Crippen molar-refractivity contribution < 1.29 is 22.7 Å². The van der Waals surface area contributed by atoms with E-state index < -0.39 is 15.9 Å². The van der Waals surface area contributed by atoms with Crippen LogP contribution in [0.2, 0.25) is 0 Å². The maximum atomic E-state index is 12.8. The van der Waals surface area contributed by atoms with Gasteiger partial charge in [-0.3, -0.25) is 9.59 Å². The van der Waals surface area contributed by atoms with Crippen molar-refractivity contribution in [1.29, 1.82) is 5.26 Å². The van der Waals surface area contributed by atoms with E-state index in [0.717, 1.165) is 9.87 Å². The molecule has 34 heavy (non-hydrogen) atoms. The molecule has 10 heteroatoms. The molecule has 1 aliphatic rings. The van der Waals surface area contributed by atoms with Crippen LogP contribution in [0, 0.1) is 11.3 Å². The van der Waals surface area contributed by atoms with Gasteiger partial charge in [0, 0.05) is 32.2 Å². The van der Waals surface area contributed by atoms with Crippen molar-refractivity contribution in [2.45, 2.75) is 37.5 Å². The lowest BCUT2D eigenvalue weighted by atomic mass is 10.1. The second-order valence-electron chi connectivity index (χ2n) is 8.34. The average Bonchev–Trinajstić information content (AvgIpc) is 2.82. The smallest absolute Gasteiger partial charge is 0.254 e. The zero-order chi connectivity index (χ0) is 24.9. The Hall–Kier alpha value is -3.26. The van der Waals surface area contributed by atoms with Crippen molar-refractivity contribution in [3.8, 4) is 6.07 Å². The van der Waals surface area contributed by atoms with Crippen LogP contribution in [0.25, 0.3) is 0 Å². The summed E-state index contributed by atoms with van der Waals surface area (Å²) in [4.78, 5) is 26.9. The zero-order valence-electron chi connectivity index (χ0n) is 19.4. The van der Waals surface area contributed by atoms with E-state index >= 15 is 0 Å². The van der Waals surface area contributed by atoms with E-state index in [0.29, 0.717) is 24.2 Å². The molecule has 0 radical (unpaired) electrons. The van der Waals surface area contributed by atoms with Gasteiger partial charge in [-0.05, 0) is 55.8 Å². The Bertz CT molecular complexity index is 1160. The molecule has 2 unspecified atom stereocenters. The number of sulfonamides is 1. The predicted octanol–water partition coefficient (Wildman–Crippen LogP) is 1.74. The van der Waals surface area contributed by atoms with Crippen LogP contribution in [0.5, 0.6) is 0 Å². The minimum absolute atomic E-state index is 0.00566. The summed E-state index contributed by atoms with van der Waals surface area (Å²) >= 11 is 0. The molecule has 0 spiro atoms. The Morgan fingerprint density at radius 1 is 1.09 bits per heavy atom. The van der Waals surface area contributed by atoms with Crippen LogP contribution < -0.4 is 5.32 Å². The van der Waals surface area contributed by atoms with Gasteiger partial charge in [0.1, 0.15) is 0 Å². The zero-order valence-corrected chi connectivity index (χ0v) is 20.2. The Morgan fingerprint density at radius 2 is 1.68 bits per heavy atom. The van der Waals surface area contributed by atoms with Gasteiger partial charge in [-0.25, -0.2) is 8.42 Å². The molecule has 1 aliphatic heterocycles. The number of likely N-dealkylation sites (N-methyl/N-ethyl adjacent to an activating group) is 1. The molecule has 2 atom stereocenters. The molecule has 1 heterocycles. The lowest BCUT2D eigenvalue weighted by Crippen LogP contribution is -2.48. The van der Waals surface area contributed by atoms with Gasteiger partial charge in [0.05, 0.1) is 35.3 Å². The highest BCUT2D eigenvalue weighted by molar-refractivity contribution is 7.89. The normalized spacial score (nSPS) is 18.4. The second kappa shape index (κ2) is 10.8. The molecule has 2 aromatic carbocycles. The van der Waals surface area contributed by atoms with Crippen LogP contribution in [0.15, 0.2) is 53.4 Å². The van der Waals surface area contributed by atoms with Crippen molar-refractivity contribution in [3.05, 3.63) is 65.2 Å². The van der Waals surface area contributed by atoms with Crippen molar-refractivity contribution in [1.82, 2.24) is 14.5 Å². The first kappa shape index (κ1) is 25.4. The number of ether oxygens (including phenoxy) is 1. The van der Waals surface area contributed by atoms with E-state index in [2.05, 4.69) is 5.32 Å². The molecule has 0 aromatic heterocycles. The van der Waals surface area contributed by atoms with Crippen LogP contribution in [-0.4, -0.2) is 68.3 Å². The van der Waals surface area contributed by atoms with Gasteiger partial charge in [-0.2, -0.15) is 9.57 Å². The van der Waals surface area contributed by atoms with Gasteiger partial charge in [0.15, 0.2) is 0 Å². The van der Waals surface area contributed by atoms with Crippen molar-refractivity contribution >= 4 is 21.8 Å². The molecule has 3 rings (SSSR count). The number of nitrogens with zero attached hydrogens (tertiary/aromatic N) is 3. The van der Waals surface area contributed by atoms with Crippen LogP contribution >= 0.6 is 0 Å². The third kappa shape index (κ3) is 6.20. The summed E-state index contributed by atoms with van der Waals surface area (Å²) in [7, 11) is -2.54. The number of amides is 2. The Morgan fingerprint density at radius 3 is 2.24 bits per heavy atom. The highest BCUT2D eigenvalue weighted by Gasteiger charge is 2.26. The van der Waals surface area contributed by atoms with Crippen LogP contribution in [0.1, 0.15) is 35.3 Å². The number of rotatable bonds is 7. The topological polar surface area (TPSA) is 120 Å². The number of carbonyl (C=O) groups is 2. The van der Waals surface area contributed by atoms with Gasteiger partial charge >= 0.3 is 0 Å². The van der Waals surface area contributed by atoms with Gasteiger partial charge < -0.3 is 15.0 Å². The van der Waals surface area contributed by atoms with E-state index in [1.165, 1.54) is 31.3 Å². The summed E-state index contributed by atoms with van der Waals surface area (Å²) in [5.41, 5.74) is 1.69. The van der Waals surface area contributed by atoms with Gasteiger partial charge in [0.2, 0.25) is 15.9 Å². The minimum atomic E-state index is -3.86. The first-order valence-corrected chi connectivity index (χ1v) is 12.3. The highest BCUT2D eigenvalue weighted by Crippen LogP contribution is 2.16. The molecule has 1 fully saturated rings. The molecule has 1 saturated heterocycles. The number of morpholine rings is 1. The van der Waals surface area contributed by atoms with Crippen molar-refractivity contribution in [2.75, 3.05) is 26.7 Å². The van der Waals surface area contributed by atoms with E-state index in [1.807, 2.05) is 19.9 Å². The summed E-state index contributed by atoms with van der Waals surface area (Å²) in [6.45, 7) is 4.80. The molecule has 0 saturated carbocycles. The van der Waals surface area contributed by atoms with Crippen LogP contribution in [-0.2, 0) is 26.1 Å². The molecule has 9 nitrogen and oxygen atoms in total. The second-order valence-corrected chi connectivity index (χ2v) is 10.4. The SMILES string of the molecule is CC1CN(C(=O)c2ccc(CNC(=O)CN(C)S(=O)(=O)c3ccc(C#N)cc3)cc2)CC(C)O1. The number of hydrogen-bond acceptors (Lipinski definition) is 6. The summed E-state index contributed by atoms with van der Waals surface area (Å²) < 4.78 is 31.9. The van der Waals surface area contributed by atoms with Crippen molar-refractivity contribution in [3.63, 3.8) is 0 Å². The average molecular weight is 485 g/mol. The highest BCUT2D eigenvalue weighted by atomic mass is 32.2. The predicted molar refractivity (Wildman–Crippen MR) is 125 cm³/mol. The number of nitriles is 1. The lowest BCUT2D eigenvalue weighted by molar-refractivity contribution is -0.121. The van der Waals surface area contributed by atoms with Gasteiger partial charge in [-0.1, -0.05) is 12.1 Å². The van der Waals surface area contributed by atoms with Crippen molar-refractivity contribution in [2.24, 2.45) is 0 Å². The Balaban J connectivity index is 1.53. The summed E-state index contributed by atoms with van der Waals surface area (Å²) in [5, 5.41) is 11.5. The number of nitrogens with one attached hydrogen (secondary N) is 1. The standard InChI is InChI=1S/C24H28N4O5S/c1-17-14-28(15-18(2)33-17)24(30)21-8-4-20(5-9-21)13-26-23(29)16-27(3)34(31,32)22-10-6-19(12-25)7-11-22/h4-11,17-18H,13-16H2,1-3H3,(H,26,29). The maximum absolute atomic E-state index is 12.8. The fourth-order valence-corrected chi connectivity index (χ4v) is 4.84. The fraction of sp³-hybridized carbons (Fsp3) is 0.375. The summed E-state index contributed by atoms with van der Waals surface area (Å²) in [5.74, 6) is -0.525. The number of hydrogen-bond donors (Lipinski definition) is 1. The Labute approximate surface area is 200 Å². The third-order valence-corrected chi connectivity index (χ3v) is 7.27. The monoisotopic (exact) mass is 484 g/mol. The quantitative estimate of drug-likeness (QED) is 0.639. The lowest BCUT2D eigenvalue weighted by Gasteiger charge is -2.35. The van der Waals surface area contributed by atoms with Gasteiger partial charge in [-0.15, -0.1) is 0 Å². The molecule has 2 amide bonds. The molecule has 1 N–H and O–H groups in total. The largest absolute Gasteiger partial charge is 0.372 e. The maximum Gasteiger partial charge on any atom is 0.254 e. The van der Waals surface area contributed by atoms with E-state index in [1.54, 1.807) is 29.2 Å². The minimum Gasteiger partial charge on any atom is -0.372 e. The number of benzene rings is 2. The van der Waals surface area contributed by atoms with E-state index in [9.17, 15) is 18.0 Å². The third-order valence-electron chi connectivity index (χ3n) is 5.46. The molecular formula is C24H28N4O5S. The number of carbonyl (C=O) groups excluding carboxylic acids is 2. The fourth-order valence-electron chi connectivity index (χ4n) is 3.72. The van der Waals surface area contributed by atoms with Gasteiger partial charge in [0.25, 0.3) is 5.91 Å². The molecule has 180 valence electrons. The van der Waals surface area contributed by atoms with E-state index in [4.69, 9.17) is 10.00 Å². The molecular weight excluding hydrogens is 456 g/mol. The van der Waals surface area contributed by atoms with Crippen LogP contribution in [0.3, 0.4) is 0 Å². The van der Waals surface area contributed by atoms with Crippen LogP contribution in [0.4, 0.5) is 0 Å². The summed E-state index contributed by atoms with van der Waals surface area (Å²) in [6.07, 6.45) is -0.0258. The molecule has 0 aliphatic carbocycles. The Kier molecular flexibility index (Phi) is 8.04. The first-order valence-electron chi connectivity index (χ1n) is 10.9. The summed E-state index contributed by atoms with van der Waals surface area (Å²) in [6, 6.07) is 14.4. The molecule has 0 bridgehead atoms. The molecule has 2 aromatic rings. The van der Waals surface area contributed by atoms with E-state index in [-0.39, 0.29) is 36.1 Å².